The molecule has 2 aromatic rings. The summed E-state index contributed by atoms with van der Waals surface area (Å²) in [5.41, 5.74) is -1.93. The molecule has 1 unspecified atom stereocenters. The first kappa shape index (κ1) is 33.6. The van der Waals surface area contributed by atoms with Crippen LogP contribution < -0.4 is 10.2 Å². The third-order valence-corrected chi connectivity index (χ3v) is 6.26. The normalized spacial score (nSPS) is 16.9. The Balaban J connectivity index is 0.000000745. The van der Waals surface area contributed by atoms with Crippen LogP contribution in [0.4, 0.5) is 49.6 Å². The number of hydrogen-bond acceptors (Lipinski definition) is 4. The van der Waals surface area contributed by atoms with Crippen LogP contribution in [0.2, 0.25) is 0 Å². The fourth-order valence-electron chi connectivity index (χ4n) is 4.02. The number of nitrogens with zero attached hydrogens (tertiary/aromatic N) is 2. The van der Waals surface area contributed by atoms with Crippen molar-refractivity contribution in [3.8, 4) is 0 Å². The predicted molar refractivity (Wildman–Crippen MR) is 126 cm³/mol. The molecule has 6 nitrogen and oxygen atoms in total. The zero-order chi connectivity index (χ0) is 31.5. The van der Waals surface area contributed by atoms with Crippen molar-refractivity contribution in [1.82, 2.24) is 10.2 Å². The van der Waals surface area contributed by atoms with Crippen molar-refractivity contribution in [1.29, 1.82) is 0 Å². The van der Waals surface area contributed by atoms with Crippen LogP contribution in [0, 0.1) is 12.7 Å². The standard InChI is InChI=1S/C23H24F7N3O.C2HF3O2/c1-13-8-18(24)4-5-19(13)33-7-6-31-12-20(33)21(34)32(3)14(2)15-9-16(22(25,26)27)11-17(10-15)23(28,29)30;3-2(4,5)1(6)7/h4-5,8-11,14,20,31H,6-7,12H2,1-3H3;(H,6,7)/t14-,20?;/m1./s1. The fourth-order valence-corrected chi connectivity index (χ4v) is 4.02. The van der Waals surface area contributed by atoms with Gasteiger partial charge in [-0.2, -0.15) is 39.5 Å². The van der Waals surface area contributed by atoms with Gasteiger partial charge in [-0.25, -0.2) is 9.18 Å². The molecule has 0 bridgehead atoms. The van der Waals surface area contributed by atoms with Gasteiger partial charge in [0.2, 0.25) is 5.91 Å². The maximum absolute atomic E-state index is 13.6. The van der Waals surface area contributed by atoms with E-state index in [1.54, 1.807) is 17.9 Å². The number of carbonyl (C=O) groups is 2. The second-order valence-corrected chi connectivity index (χ2v) is 9.11. The first-order chi connectivity index (χ1) is 18.6. The Morgan fingerprint density at radius 2 is 1.49 bits per heavy atom. The van der Waals surface area contributed by atoms with Gasteiger partial charge in [-0.15, -0.1) is 0 Å². The highest BCUT2D eigenvalue weighted by Gasteiger charge is 2.39. The van der Waals surface area contributed by atoms with E-state index < -0.39 is 59.4 Å². The third kappa shape index (κ3) is 8.71. The van der Waals surface area contributed by atoms with Crippen molar-refractivity contribution in [3.05, 3.63) is 64.5 Å². The molecule has 3 rings (SSSR count). The van der Waals surface area contributed by atoms with Crippen LogP contribution in [0.1, 0.15) is 35.2 Å². The van der Waals surface area contributed by atoms with Crippen molar-refractivity contribution in [2.75, 3.05) is 31.6 Å². The van der Waals surface area contributed by atoms with E-state index in [2.05, 4.69) is 5.32 Å². The first-order valence-electron chi connectivity index (χ1n) is 11.7. The summed E-state index contributed by atoms with van der Waals surface area (Å²) in [6.45, 7) is 4.23. The van der Waals surface area contributed by atoms with Gasteiger partial charge in [0.1, 0.15) is 11.9 Å². The molecule has 228 valence electrons. The predicted octanol–water partition coefficient (Wildman–Crippen LogP) is 5.80. The number of carboxylic acids is 1. The number of aryl methyl sites for hydroxylation is 1. The van der Waals surface area contributed by atoms with E-state index in [-0.39, 0.29) is 18.2 Å². The van der Waals surface area contributed by atoms with Crippen molar-refractivity contribution in [2.45, 2.75) is 44.5 Å². The molecular weight excluding hydrogens is 580 g/mol. The van der Waals surface area contributed by atoms with Gasteiger partial charge in [0, 0.05) is 32.4 Å². The van der Waals surface area contributed by atoms with Gasteiger partial charge < -0.3 is 20.2 Å². The Morgan fingerprint density at radius 3 is 1.93 bits per heavy atom. The van der Waals surface area contributed by atoms with E-state index in [4.69, 9.17) is 9.90 Å². The van der Waals surface area contributed by atoms with Crippen molar-refractivity contribution in [3.63, 3.8) is 0 Å². The van der Waals surface area contributed by atoms with E-state index in [1.807, 2.05) is 0 Å². The molecule has 1 aliphatic rings. The second kappa shape index (κ2) is 12.5. The molecule has 0 saturated carbocycles. The molecule has 0 spiro atoms. The smallest absolute Gasteiger partial charge is 0.475 e. The molecule has 1 fully saturated rings. The number of piperazine rings is 1. The number of carboxylic acid groups (broad SMARTS) is 1. The van der Waals surface area contributed by atoms with Crippen LogP contribution in [-0.4, -0.2) is 60.8 Å². The summed E-state index contributed by atoms with van der Waals surface area (Å²) >= 11 is 0. The van der Waals surface area contributed by atoms with E-state index in [1.165, 1.54) is 26.1 Å². The summed E-state index contributed by atoms with van der Waals surface area (Å²) in [4.78, 5) is 25.2. The Kier molecular flexibility index (Phi) is 10.3. The highest BCUT2D eigenvalue weighted by Crippen LogP contribution is 2.38. The Morgan fingerprint density at radius 1 is 0.976 bits per heavy atom. The lowest BCUT2D eigenvalue weighted by Gasteiger charge is -2.40. The molecule has 0 aliphatic carbocycles. The molecule has 1 saturated heterocycles. The minimum atomic E-state index is -5.08. The topological polar surface area (TPSA) is 72.9 Å². The highest BCUT2D eigenvalue weighted by molar-refractivity contribution is 5.86. The van der Waals surface area contributed by atoms with Gasteiger partial charge in [-0.1, -0.05) is 0 Å². The van der Waals surface area contributed by atoms with E-state index >= 15 is 0 Å². The summed E-state index contributed by atoms with van der Waals surface area (Å²) < 4.78 is 125. The van der Waals surface area contributed by atoms with Crippen molar-refractivity contribution in [2.24, 2.45) is 0 Å². The van der Waals surface area contributed by atoms with Gasteiger partial charge in [0.25, 0.3) is 0 Å². The van der Waals surface area contributed by atoms with Gasteiger partial charge in [-0.3, -0.25) is 4.79 Å². The maximum Gasteiger partial charge on any atom is 0.490 e. The zero-order valence-electron chi connectivity index (χ0n) is 21.7. The number of rotatable bonds is 4. The largest absolute Gasteiger partial charge is 0.490 e. The van der Waals surface area contributed by atoms with E-state index in [0.29, 0.717) is 36.5 Å². The van der Waals surface area contributed by atoms with Gasteiger partial charge >= 0.3 is 24.5 Å². The average Bonchev–Trinajstić information content (AvgIpc) is 2.86. The monoisotopic (exact) mass is 605 g/mol. The lowest BCUT2D eigenvalue weighted by molar-refractivity contribution is -0.192. The number of hydrogen-bond donors (Lipinski definition) is 2. The van der Waals surface area contributed by atoms with Gasteiger partial charge in [0.15, 0.2) is 0 Å². The highest BCUT2D eigenvalue weighted by atomic mass is 19.4. The molecule has 2 aromatic carbocycles. The molecule has 1 heterocycles. The van der Waals surface area contributed by atoms with Crippen molar-refractivity contribution < 1.29 is 58.6 Å². The number of alkyl halides is 9. The summed E-state index contributed by atoms with van der Waals surface area (Å²) in [7, 11) is 1.34. The number of nitrogens with one attached hydrogen (secondary N) is 1. The number of anilines is 1. The lowest BCUT2D eigenvalue weighted by Crippen LogP contribution is -2.58. The number of amides is 1. The van der Waals surface area contributed by atoms with Crippen LogP contribution >= 0.6 is 0 Å². The number of halogens is 10. The Bertz CT molecular complexity index is 1210. The van der Waals surface area contributed by atoms with Gasteiger partial charge in [-0.05, 0) is 61.4 Å². The summed E-state index contributed by atoms with van der Waals surface area (Å²) in [5, 5.41) is 10.2. The molecule has 2 atom stereocenters. The second-order valence-electron chi connectivity index (χ2n) is 9.11. The Hall–Kier alpha value is -3.56. The number of benzene rings is 2. The van der Waals surface area contributed by atoms with Gasteiger partial charge in [0.05, 0.1) is 17.2 Å². The molecule has 1 amide bonds. The average molecular weight is 605 g/mol. The van der Waals surface area contributed by atoms with Crippen LogP contribution in [0.15, 0.2) is 36.4 Å². The maximum atomic E-state index is 13.6. The minimum Gasteiger partial charge on any atom is -0.475 e. The zero-order valence-corrected chi connectivity index (χ0v) is 21.7. The number of aliphatic carboxylic acids is 1. The molecule has 16 heteroatoms. The van der Waals surface area contributed by atoms with Crippen molar-refractivity contribution >= 4 is 17.6 Å². The molecule has 2 N–H and O–H groups in total. The van der Waals surface area contributed by atoms with E-state index in [0.717, 1.165) is 4.90 Å². The SMILES string of the molecule is Cc1cc(F)ccc1N1CCNCC1C(=O)N(C)[C@H](C)c1cc(C(F)(F)F)cc(C(F)(F)F)c1.O=C(O)C(F)(F)F. The summed E-state index contributed by atoms with van der Waals surface area (Å²) in [6, 6.07) is 3.60. The number of likely N-dealkylation sites (N-methyl/N-ethyl adjacent to an activating group) is 1. The van der Waals surface area contributed by atoms with E-state index in [9.17, 15) is 48.7 Å². The fraction of sp³-hybridized carbons (Fsp3) is 0.440. The molecule has 0 radical (unpaired) electrons. The molecule has 41 heavy (non-hydrogen) atoms. The quantitative estimate of drug-likeness (QED) is 0.431. The van der Waals surface area contributed by atoms with Crippen LogP contribution in [0.5, 0.6) is 0 Å². The van der Waals surface area contributed by atoms with Crippen LogP contribution in [0.25, 0.3) is 0 Å². The third-order valence-electron chi connectivity index (χ3n) is 6.26. The van der Waals surface area contributed by atoms with Crippen LogP contribution in [-0.2, 0) is 21.9 Å². The molecule has 1 aliphatic heterocycles. The summed E-state index contributed by atoms with van der Waals surface area (Å²) in [6.07, 6.45) is -15.1. The summed E-state index contributed by atoms with van der Waals surface area (Å²) in [5.74, 6) is -3.68. The Labute approximate surface area is 227 Å². The molecule has 0 aromatic heterocycles. The molecular formula is C25H25F10N3O3. The van der Waals surface area contributed by atoms with Crippen LogP contribution in [0.3, 0.4) is 0 Å². The first-order valence-corrected chi connectivity index (χ1v) is 11.7. The lowest BCUT2D eigenvalue weighted by atomic mass is 9.98. The minimum absolute atomic E-state index is 0.0577. The number of carbonyl (C=O) groups excluding carboxylic acids is 1.